The molecule has 2 heteroatoms. The molecule has 0 heterocycles. The summed E-state index contributed by atoms with van der Waals surface area (Å²) in [4.78, 5) is 0.635. The van der Waals surface area contributed by atoms with Gasteiger partial charge in [0.2, 0.25) is 0 Å². The number of alkyl halides is 1. The molecule has 0 amide bonds. The van der Waals surface area contributed by atoms with Gasteiger partial charge in [-0.05, 0) is 66.9 Å². The minimum atomic E-state index is 0.635. The lowest BCUT2D eigenvalue weighted by molar-refractivity contribution is 0.455. The molecule has 5 atom stereocenters. The van der Waals surface area contributed by atoms with Gasteiger partial charge < -0.3 is 0 Å². The standard InChI is InChI=1S/C16H18BrCl/c17-12(8-9-3-1-2-4-13(9)18)16-14-10-5-6-11(7-10)15(14)16/h1-4,10-12,14-16H,5-8H2. The van der Waals surface area contributed by atoms with Gasteiger partial charge in [-0.3, -0.25) is 0 Å². The van der Waals surface area contributed by atoms with Crippen LogP contribution in [0.1, 0.15) is 24.8 Å². The predicted octanol–water partition coefficient (Wildman–Crippen LogP) is 4.94. The first-order valence-electron chi connectivity index (χ1n) is 7.13. The summed E-state index contributed by atoms with van der Waals surface area (Å²) in [6.45, 7) is 0. The zero-order chi connectivity index (χ0) is 12.3. The molecule has 0 radical (unpaired) electrons. The van der Waals surface area contributed by atoms with Gasteiger partial charge >= 0.3 is 0 Å². The van der Waals surface area contributed by atoms with Gasteiger partial charge in [0.15, 0.2) is 0 Å². The van der Waals surface area contributed by atoms with Crippen LogP contribution in [0.4, 0.5) is 0 Å². The van der Waals surface area contributed by atoms with E-state index in [2.05, 4.69) is 28.1 Å². The van der Waals surface area contributed by atoms with E-state index in [1.807, 2.05) is 12.1 Å². The molecule has 1 aromatic rings. The van der Waals surface area contributed by atoms with E-state index in [4.69, 9.17) is 11.6 Å². The molecule has 0 aliphatic heterocycles. The fourth-order valence-corrected chi connectivity index (χ4v) is 6.15. The highest BCUT2D eigenvalue weighted by Crippen LogP contribution is 2.71. The summed E-state index contributed by atoms with van der Waals surface area (Å²) in [6, 6.07) is 8.29. The van der Waals surface area contributed by atoms with Crippen LogP contribution < -0.4 is 0 Å². The molecule has 3 aliphatic carbocycles. The van der Waals surface area contributed by atoms with Crippen molar-refractivity contribution in [2.75, 3.05) is 0 Å². The molecular weight excluding hydrogens is 308 g/mol. The van der Waals surface area contributed by atoms with Crippen molar-refractivity contribution in [1.82, 2.24) is 0 Å². The van der Waals surface area contributed by atoms with Gasteiger partial charge in [-0.1, -0.05) is 45.7 Å². The quantitative estimate of drug-likeness (QED) is 0.691. The summed E-state index contributed by atoms with van der Waals surface area (Å²) in [5, 5.41) is 0.927. The van der Waals surface area contributed by atoms with Crippen LogP contribution in [0.2, 0.25) is 5.02 Å². The molecule has 1 aromatic carbocycles. The van der Waals surface area contributed by atoms with Crippen LogP contribution >= 0.6 is 27.5 Å². The van der Waals surface area contributed by atoms with Crippen LogP contribution in [0.25, 0.3) is 0 Å². The number of fused-ring (bicyclic) bond motifs is 5. The Labute approximate surface area is 122 Å². The Hall–Kier alpha value is -0.0100. The largest absolute Gasteiger partial charge is 0.0884 e. The van der Waals surface area contributed by atoms with Gasteiger partial charge in [0.25, 0.3) is 0 Å². The zero-order valence-electron chi connectivity index (χ0n) is 10.4. The predicted molar refractivity (Wildman–Crippen MR) is 79.2 cm³/mol. The van der Waals surface area contributed by atoms with E-state index in [0.717, 1.165) is 41.0 Å². The summed E-state index contributed by atoms with van der Waals surface area (Å²) >= 11 is 10.2. The SMILES string of the molecule is Clc1ccccc1CC(Br)C1C2C3CCC(C3)C12. The number of benzene rings is 1. The van der Waals surface area contributed by atoms with Gasteiger partial charge in [0.05, 0.1) is 0 Å². The molecule has 0 spiro atoms. The maximum Gasteiger partial charge on any atom is 0.0438 e. The van der Waals surface area contributed by atoms with Crippen molar-refractivity contribution in [3.05, 3.63) is 34.9 Å². The second kappa shape index (κ2) is 4.24. The minimum absolute atomic E-state index is 0.635. The second-order valence-corrected chi connectivity index (χ2v) is 7.96. The maximum absolute atomic E-state index is 6.26. The van der Waals surface area contributed by atoms with E-state index in [1.165, 1.54) is 24.8 Å². The van der Waals surface area contributed by atoms with Crippen molar-refractivity contribution in [2.45, 2.75) is 30.5 Å². The molecule has 5 unspecified atom stereocenters. The topological polar surface area (TPSA) is 0 Å². The molecular formula is C16H18BrCl. The highest BCUT2D eigenvalue weighted by atomic mass is 79.9. The normalized spacial score (nSPS) is 41.8. The number of hydrogen-bond donors (Lipinski definition) is 0. The number of hydrogen-bond acceptors (Lipinski definition) is 0. The van der Waals surface area contributed by atoms with E-state index in [-0.39, 0.29) is 0 Å². The monoisotopic (exact) mass is 324 g/mol. The van der Waals surface area contributed by atoms with Crippen LogP contribution in [-0.2, 0) is 6.42 Å². The van der Waals surface area contributed by atoms with Crippen molar-refractivity contribution in [3.8, 4) is 0 Å². The lowest BCUT2D eigenvalue weighted by atomic mass is 9.97. The summed E-state index contributed by atoms with van der Waals surface area (Å²) in [5.41, 5.74) is 1.30. The smallest absolute Gasteiger partial charge is 0.0438 e. The van der Waals surface area contributed by atoms with Crippen LogP contribution in [0.3, 0.4) is 0 Å². The highest BCUT2D eigenvalue weighted by molar-refractivity contribution is 9.09. The minimum Gasteiger partial charge on any atom is -0.0884 e. The first-order valence-corrected chi connectivity index (χ1v) is 8.42. The molecule has 96 valence electrons. The molecule has 0 nitrogen and oxygen atoms in total. The second-order valence-electron chi connectivity index (χ2n) is 6.38. The first-order chi connectivity index (χ1) is 8.75. The Morgan fingerprint density at radius 1 is 1.17 bits per heavy atom. The van der Waals surface area contributed by atoms with Gasteiger partial charge in [-0.25, -0.2) is 0 Å². The zero-order valence-corrected chi connectivity index (χ0v) is 12.7. The molecule has 2 bridgehead atoms. The summed E-state index contributed by atoms with van der Waals surface area (Å²) in [6.07, 6.45) is 5.65. The van der Waals surface area contributed by atoms with Crippen molar-refractivity contribution < 1.29 is 0 Å². The Kier molecular flexibility index (Phi) is 2.78. The molecule has 3 fully saturated rings. The maximum atomic E-state index is 6.26. The third-order valence-corrected chi connectivity index (χ3v) is 6.89. The van der Waals surface area contributed by atoms with Crippen molar-refractivity contribution in [3.63, 3.8) is 0 Å². The van der Waals surface area contributed by atoms with Crippen LogP contribution in [0.15, 0.2) is 24.3 Å². The van der Waals surface area contributed by atoms with Gasteiger partial charge in [-0.15, -0.1) is 0 Å². The fraction of sp³-hybridized carbons (Fsp3) is 0.625. The highest BCUT2D eigenvalue weighted by Gasteiger charge is 2.66. The lowest BCUT2D eigenvalue weighted by Crippen LogP contribution is -2.12. The van der Waals surface area contributed by atoms with E-state index >= 15 is 0 Å². The average Bonchev–Trinajstić information content (AvgIpc) is 2.82. The molecule has 0 N–H and O–H groups in total. The van der Waals surface area contributed by atoms with Gasteiger partial charge in [-0.2, -0.15) is 0 Å². The first kappa shape index (κ1) is 11.8. The van der Waals surface area contributed by atoms with Crippen molar-refractivity contribution >= 4 is 27.5 Å². The Morgan fingerprint density at radius 2 is 1.83 bits per heavy atom. The third kappa shape index (κ3) is 1.70. The van der Waals surface area contributed by atoms with Crippen molar-refractivity contribution in [1.29, 1.82) is 0 Å². The Morgan fingerprint density at radius 3 is 2.50 bits per heavy atom. The average molecular weight is 326 g/mol. The van der Waals surface area contributed by atoms with Gasteiger partial charge in [0.1, 0.15) is 0 Å². The molecule has 0 saturated heterocycles. The number of halogens is 2. The van der Waals surface area contributed by atoms with Crippen LogP contribution in [-0.4, -0.2) is 4.83 Å². The number of rotatable bonds is 3. The Balaban J connectivity index is 1.47. The summed E-state index contributed by atoms with van der Waals surface area (Å²) in [7, 11) is 0. The van der Waals surface area contributed by atoms with Gasteiger partial charge in [0, 0.05) is 9.85 Å². The summed E-state index contributed by atoms with van der Waals surface area (Å²) < 4.78 is 0. The van der Waals surface area contributed by atoms with Crippen LogP contribution in [0.5, 0.6) is 0 Å². The summed E-state index contributed by atoms with van der Waals surface area (Å²) in [5.74, 6) is 5.17. The van der Waals surface area contributed by atoms with E-state index in [9.17, 15) is 0 Å². The van der Waals surface area contributed by atoms with Crippen LogP contribution in [0, 0.1) is 29.6 Å². The third-order valence-electron chi connectivity index (χ3n) is 5.59. The molecule has 0 aromatic heterocycles. The molecule has 4 rings (SSSR count). The Bertz CT molecular complexity index is 456. The van der Waals surface area contributed by atoms with E-state index in [0.29, 0.717) is 4.83 Å². The van der Waals surface area contributed by atoms with E-state index < -0.39 is 0 Å². The molecule has 18 heavy (non-hydrogen) atoms. The lowest BCUT2D eigenvalue weighted by Gasteiger charge is -2.15. The molecule has 3 aliphatic rings. The van der Waals surface area contributed by atoms with E-state index in [1.54, 1.807) is 0 Å². The fourth-order valence-electron chi connectivity index (χ4n) is 4.89. The molecule has 3 saturated carbocycles. The van der Waals surface area contributed by atoms with Crippen molar-refractivity contribution in [2.24, 2.45) is 29.6 Å².